The van der Waals surface area contributed by atoms with Gasteiger partial charge in [-0.1, -0.05) is 11.6 Å². The van der Waals surface area contributed by atoms with Gasteiger partial charge in [-0.05, 0) is 42.8 Å². The third-order valence-electron chi connectivity index (χ3n) is 4.12. The molecule has 1 amide bonds. The number of pyridine rings is 1. The Labute approximate surface area is 141 Å². The molecule has 0 atom stereocenters. The van der Waals surface area contributed by atoms with Crippen molar-refractivity contribution in [2.75, 3.05) is 13.1 Å². The maximum absolute atomic E-state index is 12.6. The first kappa shape index (κ1) is 15.8. The number of halogens is 1. The van der Waals surface area contributed by atoms with Crippen molar-refractivity contribution in [2.24, 2.45) is 0 Å². The van der Waals surface area contributed by atoms with Crippen LogP contribution in [0.1, 0.15) is 28.8 Å². The smallest absolute Gasteiger partial charge is 0.255 e. The van der Waals surface area contributed by atoms with Gasteiger partial charge < -0.3 is 9.64 Å². The molecule has 3 rings (SSSR count). The molecule has 5 heteroatoms. The average Bonchev–Trinajstić information content (AvgIpc) is 2.57. The highest BCUT2D eigenvalue weighted by atomic mass is 35.5. The number of nitrogens with zero attached hydrogens (tertiary/aromatic N) is 2. The molecule has 1 aromatic carbocycles. The number of aromatic nitrogens is 1. The number of carbonyl (C=O) groups is 1. The summed E-state index contributed by atoms with van der Waals surface area (Å²) in [6.07, 6.45) is 5.14. The summed E-state index contributed by atoms with van der Waals surface area (Å²) in [6.45, 7) is 3.34. The van der Waals surface area contributed by atoms with Crippen molar-refractivity contribution in [3.63, 3.8) is 0 Å². The Kier molecular flexibility index (Phi) is 4.82. The first-order valence-electron chi connectivity index (χ1n) is 7.75. The first-order valence-corrected chi connectivity index (χ1v) is 8.13. The van der Waals surface area contributed by atoms with Gasteiger partial charge in [-0.15, -0.1) is 0 Å². The average molecular weight is 331 g/mol. The number of amides is 1. The monoisotopic (exact) mass is 330 g/mol. The minimum atomic E-state index is 0.0561. The van der Waals surface area contributed by atoms with E-state index >= 15 is 0 Å². The molecule has 0 radical (unpaired) electrons. The lowest BCUT2D eigenvalue weighted by Crippen LogP contribution is -2.42. The minimum Gasteiger partial charge on any atom is -0.490 e. The number of benzene rings is 1. The van der Waals surface area contributed by atoms with Crippen LogP contribution in [0.4, 0.5) is 0 Å². The molecule has 1 aromatic heterocycles. The predicted molar refractivity (Wildman–Crippen MR) is 90.0 cm³/mol. The van der Waals surface area contributed by atoms with E-state index in [1.165, 1.54) is 0 Å². The molecule has 2 aromatic rings. The van der Waals surface area contributed by atoms with Crippen molar-refractivity contribution < 1.29 is 9.53 Å². The summed E-state index contributed by atoms with van der Waals surface area (Å²) in [5, 5.41) is 0.699. The van der Waals surface area contributed by atoms with Gasteiger partial charge in [-0.25, -0.2) is 0 Å². The van der Waals surface area contributed by atoms with Crippen molar-refractivity contribution in [3.05, 3.63) is 58.9 Å². The lowest BCUT2D eigenvalue weighted by atomic mass is 10.1. The number of carbonyl (C=O) groups excluding carboxylic acids is 1. The third-order valence-corrected chi connectivity index (χ3v) is 4.37. The Morgan fingerprint density at radius 3 is 2.57 bits per heavy atom. The summed E-state index contributed by atoms with van der Waals surface area (Å²) in [6, 6.07) is 9.25. The van der Waals surface area contributed by atoms with Crippen LogP contribution in [-0.4, -0.2) is 35.0 Å². The van der Waals surface area contributed by atoms with E-state index in [-0.39, 0.29) is 12.0 Å². The summed E-state index contributed by atoms with van der Waals surface area (Å²) in [5.74, 6) is 0.878. The molecule has 1 fully saturated rings. The van der Waals surface area contributed by atoms with Crippen LogP contribution in [0.15, 0.2) is 42.7 Å². The highest BCUT2D eigenvalue weighted by Crippen LogP contribution is 2.22. The SMILES string of the molecule is Cc1ccncc1C(=O)N1CCC(Oc2ccc(Cl)cc2)CC1. The summed E-state index contributed by atoms with van der Waals surface area (Å²) in [7, 11) is 0. The van der Waals surface area contributed by atoms with Gasteiger partial charge in [0.25, 0.3) is 5.91 Å². The van der Waals surface area contributed by atoms with Crippen LogP contribution in [0.2, 0.25) is 5.02 Å². The summed E-state index contributed by atoms with van der Waals surface area (Å²) in [5.41, 5.74) is 1.65. The normalized spacial score (nSPS) is 15.5. The highest BCUT2D eigenvalue weighted by Gasteiger charge is 2.25. The van der Waals surface area contributed by atoms with Crippen LogP contribution in [0.3, 0.4) is 0 Å². The number of likely N-dealkylation sites (tertiary alicyclic amines) is 1. The molecule has 4 nitrogen and oxygen atoms in total. The fraction of sp³-hybridized carbons (Fsp3) is 0.333. The minimum absolute atomic E-state index is 0.0561. The first-order chi connectivity index (χ1) is 11.1. The largest absolute Gasteiger partial charge is 0.490 e. The Balaban J connectivity index is 1.57. The molecule has 0 saturated carbocycles. The van der Waals surface area contributed by atoms with Crippen LogP contribution >= 0.6 is 11.6 Å². The molecular formula is C18H19ClN2O2. The second-order valence-corrected chi connectivity index (χ2v) is 6.19. The van der Waals surface area contributed by atoms with Gasteiger partial charge in [0.2, 0.25) is 0 Å². The van der Waals surface area contributed by atoms with Crippen LogP contribution in [0.5, 0.6) is 5.75 Å². The van der Waals surface area contributed by atoms with Crippen LogP contribution in [0.25, 0.3) is 0 Å². The number of rotatable bonds is 3. The molecule has 1 saturated heterocycles. The lowest BCUT2D eigenvalue weighted by Gasteiger charge is -2.32. The molecule has 1 aliphatic heterocycles. The number of ether oxygens (including phenoxy) is 1. The van der Waals surface area contributed by atoms with Gasteiger partial charge >= 0.3 is 0 Å². The molecule has 0 spiro atoms. The molecule has 0 aliphatic carbocycles. The van der Waals surface area contributed by atoms with E-state index in [2.05, 4.69) is 4.98 Å². The van der Waals surface area contributed by atoms with Crippen molar-refractivity contribution in [1.82, 2.24) is 9.88 Å². The third kappa shape index (κ3) is 3.82. The van der Waals surface area contributed by atoms with Gasteiger partial charge in [0.15, 0.2) is 0 Å². The predicted octanol–water partition coefficient (Wildman–Crippen LogP) is 3.73. The highest BCUT2D eigenvalue weighted by molar-refractivity contribution is 6.30. The number of hydrogen-bond donors (Lipinski definition) is 0. The fourth-order valence-electron chi connectivity index (χ4n) is 2.74. The van der Waals surface area contributed by atoms with Crippen molar-refractivity contribution in [1.29, 1.82) is 0 Å². The maximum Gasteiger partial charge on any atom is 0.255 e. The lowest BCUT2D eigenvalue weighted by molar-refractivity contribution is 0.0594. The zero-order valence-electron chi connectivity index (χ0n) is 13.0. The van der Waals surface area contributed by atoms with E-state index in [4.69, 9.17) is 16.3 Å². The zero-order valence-corrected chi connectivity index (χ0v) is 13.8. The van der Waals surface area contributed by atoms with E-state index in [1.54, 1.807) is 12.4 Å². The van der Waals surface area contributed by atoms with Gasteiger partial charge in [0, 0.05) is 43.3 Å². The Morgan fingerprint density at radius 2 is 1.91 bits per heavy atom. The number of aryl methyl sites for hydroxylation is 1. The molecule has 0 bridgehead atoms. The van der Waals surface area contributed by atoms with Gasteiger partial charge in [-0.2, -0.15) is 0 Å². The molecule has 120 valence electrons. The van der Waals surface area contributed by atoms with Crippen molar-refractivity contribution in [3.8, 4) is 5.75 Å². The number of piperidine rings is 1. The van der Waals surface area contributed by atoms with Gasteiger partial charge in [0.05, 0.1) is 5.56 Å². The number of hydrogen-bond acceptors (Lipinski definition) is 3. The van der Waals surface area contributed by atoms with E-state index in [1.807, 2.05) is 42.2 Å². The van der Waals surface area contributed by atoms with E-state index in [0.29, 0.717) is 23.7 Å². The Hall–Kier alpha value is -2.07. The summed E-state index contributed by atoms with van der Waals surface area (Å²) in [4.78, 5) is 18.5. The molecule has 0 unspecified atom stereocenters. The maximum atomic E-state index is 12.6. The summed E-state index contributed by atoms with van der Waals surface area (Å²) >= 11 is 5.87. The zero-order chi connectivity index (χ0) is 16.2. The van der Waals surface area contributed by atoms with E-state index in [9.17, 15) is 4.79 Å². The van der Waals surface area contributed by atoms with Crippen LogP contribution < -0.4 is 4.74 Å². The second-order valence-electron chi connectivity index (χ2n) is 5.75. The van der Waals surface area contributed by atoms with E-state index in [0.717, 1.165) is 24.2 Å². The van der Waals surface area contributed by atoms with Crippen LogP contribution in [0, 0.1) is 6.92 Å². The van der Waals surface area contributed by atoms with E-state index < -0.39 is 0 Å². The molecule has 1 aliphatic rings. The standard InChI is InChI=1S/C18H19ClN2O2/c1-13-6-9-20-12-17(13)18(22)21-10-7-16(8-11-21)23-15-4-2-14(19)3-5-15/h2-6,9,12,16H,7-8,10-11H2,1H3. The van der Waals surface area contributed by atoms with Crippen LogP contribution in [-0.2, 0) is 0 Å². The topological polar surface area (TPSA) is 42.4 Å². The fourth-order valence-corrected chi connectivity index (χ4v) is 2.87. The second kappa shape index (κ2) is 7.01. The molecule has 2 heterocycles. The summed E-state index contributed by atoms with van der Waals surface area (Å²) < 4.78 is 5.96. The molecule has 0 N–H and O–H groups in total. The molecular weight excluding hydrogens is 312 g/mol. The Bertz CT molecular complexity index is 680. The quantitative estimate of drug-likeness (QED) is 0.861. The van der Waals surface area contributed by atoms with Gasteiger partial charge in [0.1, 0.15) is 11.9 Å². The Morgan fingerprint density at radius 1 is 1.22 bits per heavy atom. The van der Waals surface area contributed by atoms with Crippen molar-refractivity contribution >= 4 is 17.5 Å². The van der Waals surface area contributed by atoms with Gasteiger partial charge in [-0.3, -0.25) is 9.78 Å². The van der Waals surface area contributed by atoms with Crippen molar-refractivity contribution in [2.45, 2.75) is 25.9 Å². The molecule has 23 heavy (non-hydrogen) atoms.